The molecule has 0 amide bonds. The van der Waals surface area contributed by atoms with Gasteiger partial charge >= 0.3 is 5.97 Å². The number of carboxylic acid groups (broad SMARTS) is 1. The molecule has 1 rings (SSSR count). The lowest BCUT2D eigenvalue weighted by Crippen LogP contribution is -1.96. The number of hydrogen-bond donors (Lipinski definition) is 1. The van der Waals surface area contributed by atoms with E-state index in [1.807, 2.05) is 6.07 Å². The molecule has 15 heavy (non-hydrogen) atoms. The molecule has 0 atom stereocenters. The maximum absolute atomic E-state index is 12.7. The number of aliphatic carboxylic acids is 1. The Morgan fingerprint density at radius 3 is 2.93 bits per heavy atom. The number of benzene rings is 1. The fraction of sp³-hybridized carbons (Fsp3) is 0.200. The van der Waals surface area contributed by atoms with Gasteiger partial charge in [-0.3, -0.25) is 4.79 Å². The lowest BCUT2D eigenvalue weighted by molar-refractivity contribution is -0.136. The number of rotatable bonds is 4. The highest BCUT2D eigenvalue weighted by molar-refractivity contribution is 7.99. The monoisotopic (exact) mass is 225 g/mol. The smallest absolute Gasteiger partial charge is 0.304 e. The highest BCUT2D eigenvalue weighted by atomic mass is 32.2. The topological polar surface area (TPSA) is 61.1 Å². The van der Waals surface area contributed by atoms with Crippen molar-refractivity contribution in [3.8, 4) is 6.07 Å². The first kappa shape index (κ1) is 11.5. The van der Waals surface area contributed by atoms with Gasteiger partial charge in [0.05, 0.1) is 12.0 Å². The molecule has 0 radical (unpaired) electrons. The van der Waals surface area contributed by atoms with Gasteiger partial charge in [0.15, 0.2) is 0 Å². The summed E-state index contributed by atoms with van der Waals surface area (Å²) in [7, 11) is 0. The molecule has 0 unspecified atom stereocenters. The van der Waals surface area contributed by atoms with Crippen LogP contribution in [-0.4, -0.2) is 16.8 Å². The number of nitrogens with zero attached hydrogens (tertiary/aromatic N) is 1. The number of halogens is 1. The van der Waals surface area contributed by atoms with Gasteiger partial charge < -0.3 is 5.11 Å². The third-order valence-electron chi connectivity index (χ3n) is 1.64. The van der Waals surface area contributed by atoms with Gasteiger partial charge in [0.1, 0.15) is 11.9 Å². The number of carboxylic acids is 1. The summed E-state index contributed by atoms with van der Waals surface area (Å²) in [5.74, 6) is -0.979. The summed E-state index contributed by atoms with van der Waals surface area (Å²) in [6.45, 7) is 0. The summed E-state index contributed by atoms with van der Waals surface area (Å²) in [5.41, 5.74) is 0.241. The van der Waals surface area contributed by atoms with Crippen molar-refractivity contribution in [1.82, 2.24) is 0 Å². The normalized spacial score (nSPS) is 9.60. The van der Waals surface area contributed by atoms with Crippen LogP contribution >= 0.6 is 11.8 Å². The van der Waals surface area contributed by atoms with E-state index in [1.54, 1.807) is 0 Å². The molecule has 0 spiro atoms. The number of hydrogen-bond acceptors (Lipinski definition) is 3. The van der Waals surface area contributed by atoms with Gasteiger partial charge in [-0.05, 0) is 18.2 Å². The van der Waals surface area contributed by atoms with Gasteiger partial charge in [0, 0.05) is 10.6 Å². The molecule has 0 aliphatic heterocycles. The lowest BCUT2D eigenvalue weighted by Gasteiger charge is -2.01. The molecule has 0 aliphatic rings. The van der Waals surface area contributed by atoms with Crippen LogP contribution in [0.5, 0.6) is 0 Å². The molecule has 0 aliphatic carbocycles. The second-order valence-electron chi connectivity index (χ2n) is 2.74. The number of nitriles is 1. The average molecular weight is 225 g/mol. The minimum absolute atomic E-state index is 0.0207. The van der Waals surface area contributed by atoms with Crippen LogP contribution in [0.2, 0.25) is 0 Å². The molecule has 3 nitrogen and oxygen atoms in total. The quantitative estimate of drug-likeness (QED) is 0.798. The first-order valence-electron chi connectivity index (χ1n) is 4.17. The molecule has 1 aromatic rings. The third-order valence-corrected chi connectivity index (χ3v) is 2.71. The van der Waals surface area contributed by atoms with Crippen molar-refractivity contribution in [3.05, 3.63) is 29.6 Å². The van der Waals surface area contributed by atoms with Crippen LogP contribution < -0.4 is 0 Å². The Hall–Kier alpha value is -1.54. The highest BCUT2D eigenvalue weighted by Gasteiger charge is 2.05. The van der Waals surface area contributed by atoms with Crippen molar-refractivity contribution in [2.45, 2.75) is 11.3 Å². The van der Waals surface area contributed by atoms with E-state index in [9.17, 15) is 9.18 Å². The van der Waals surface area contributed by atoms with Crippen LogP contribution in [0, 0.1) is 17.1 Å². The summed E-state index contributed by atoms with van der Waals surface area (Å²) in [5, 5.41) is 17.1. The predicted octanol–water partition coefficient (Wildman–Crippen LogP) is 2.26. The van der Waals surface area contributed by atoms with Gasteiger partial charge in [0.2, 0.25) is 0 Å². The highest BCUT2D eigenvalue weighted by Crippen LogP contribution is 2.23. The fourth-order valence-corrected chi connectivity index (χ4v) is 1.88. The SMILES string of the molecule is N#Cc1cc(F)ccc1SCCC(=O)O. The van der Waals surface area contributed by atoms with E-state index in [-0.39, 0.29) is 12.0 Å². The summed E-state index contributed by atoms with van der Waals surface area (Å²) in [6.07, 6.45) is 0.0207. The Morgan fingerprint density at radius 1 is 1.60 bits per heavy atom. The van der Waals surface area contributed by atoms with Crippen molar-refractivity contribution in [3.63, 3.8) is 0 Å². The second-order valence-corrected chi connectivity index (χ2v) is 3.88. The first-order chi connectivity index (χ1) is 7.13. The Balaban J connectivity index is 2.69. The van der Waals surface area contributed by atoms with Crippen LogP contribution in [0.25, 0.3) is 0 Å². The zero-order chi connectivity index (χ0) is 11.3. The molecule has 0 saturated heterocycles. The van der Waals surface area contributed by atoms with E-state index < -0.39 is 11.8 Å². The minimum Gasteiger partial charge on any atom is -0.481 e. The molecule has 0 heterocycles. The van der Waals surface area contributed by atoms with E-state index in [4.69, 9.17) is 10.4 Å². The van der Waals surface area contributed by atoms with Crippen LogP contribution in [0.15, 0.2) is 23.1 Å². The van der Waals surface area contributed by atoms with E-state index in [2.05, 4.69) is 0 Å². The van der Waals surface area contributed by atoms with Crippen LogP contribution in [0.4, 0.5) is 4.39 Å². The minimum atomic E-state index is -0.886. The van der Waals surface area contributed by atoms with Crippen molar-refractivity contribution in [2.75, 3.05) is 5.75 Å². The van der Waals surface area contributed by atoms with Gasteiger partial charge in [-0.25, -0.2) is 4.39 Å². The molecule has 5 heteroatoms. The molecular weight excluding hydrogens is 217 g/mol. The van der Waals surface area contributed by atoms with Crippen molar-refractivity contribution in [2.24, 2.45) is 0 Å². The molecule has 0 fully saturated rings. The third kappa shape index (κ3) is 3.60. The van der Waals surface area contributed by atoms with E-state index >= 15 is 0 Å². The molecule has 1 aromatic carbocycles. The molecular formula is C10H8FNO2S. The van der Waals surface area contributed by atoms with E-state index in [0.29, 0.717) is 10.6 Å². The summed E-state index contributed by atoms with van der Waals surface area (Å²) >= 11 is 1.24. The second kappa shape index (κ2) is 5.37. The lowest BCUT2D eigenvalue weighted by atomic mass is 10.2. The molecule has 1 N–H and O–H groups in total. The summed E-state index contributed by atoms with van der Waals surface area (Å²) in [6, 6.07) is 5.75. The Kier molecular flexibility index (Phi) is 4.13. The maximum atomic E-state index is 12.7. The number of thioether (sulfide) groups is 1. The molecule has 78 valence electrons. The molecule has 0 saturated carbocycles. The average Bonchev–Trinajstić information content (AvgIpc) is 2.19. The van der Waals surface area contributed by atoms with Crippen LogP contribution in [0.3, 0.4) is 0 Å². The fourth-order valence-electron chi connectivity index (χ4n) is 0.964. The Bertz CT molecular complexity index is 414. The Morgan fingerprint density at radius 2 is 2.33 bits per heavy atom. The maximum Gasteiger partial charge on any atom is 0.304 e. The summed E-state index contributed by atoms with van der Waals surface area (Å²) < 4.78 is 12.7. The molecule has 0 aromatic heterocycles. The zero-order valence-corrected chi connectivity index (χ0v) is 8.55. The van der Waals surface area contributed by atoms with E-state index in [0.717, 1.165) is 6.07 Å². The van der Waals surface area contributed by atoms with Crippen LogP contribution in [0.1, 0.15) is 12.0 Å². The van der Waals surface area contributed by atoms with Gasteiger partial charge in [-0.1, -0.05) is 0 Å². The predicted molar refractivity (Wildman–Crippen MR) is 54.1 cm³/mol. The van der Waals surface area contributed by atoms with Crippen LogP contribution in [-0.2, 0) is 4.79 Å². The van der Waals surface area contributed by atoms with Gasteiger partial charge in [-0.15, -0.1) is 11.8 Å². The Labute approximate surface area is 90.5 Å². The van der Waals surface area contributed by atoms with Crippen molar-refractivity contribution >= 4 is 17.7 Å². The van der Waals surface area contributed by atoms with Crippen molar-refractivity contribution < 1.29 is 14.3 Å². The molecule has 0 bridgehead atoms. The van der Waals surface area contributed by atoms with Gasteiger partial charge in [0.25, 0.3) is 0 Å². The van der Waals surface area contributed by atoms with Crippen molar-refractivity contribution in [1.29, 1.82) is 5.26 Å². The standard InChI is InChI=1S/C10H8FNO2S/c11-8-1-2-9(7(5-8)6-12)15-4-3-10(13)14/h1-2,5H,3-4H2,(H,13,14). The van der Waals surface area contributed by atoms with Gasteiger partial charge in [-0.2, -0.15) is 5.26 Å². The zero-order valence-electron chi connectivity index (χ0n) is 7.74. The van der Waals surface area contributed by atoms with E-state index in [1.165, 1.54) is 23.9 Å². The number of carbonyl (C=O) groups is 1. The first-order valence-corrected chi connectivity index (χ1v) is 5.16. The summed E-state index contributed by atoms with van der Waals surface area (Å²) in [4.78, 5) is 10.9. The largest absolute Gasteiger partial charge is 0.481 e.